The van der Waals surface area contributed by atoms with Crippen LogP contribution in [-0.4, -0.2) is 46.4 Å². The number of para-hydroxylation sites is 1. The lowest BCUT2D eigenvalue weighted by molar-refractivity contribution is -0.122. The second-order valence-corrected chi connectivity index (χ2v) is 6.03. The summed E-state index contributed by atoms with van der Waals surface area (Å²) in [7, 11) is 0. The van der Waals surface area contributed by atoms with E-state index in [1.165, 1.54) is 11.5 Å². The third-order valence-electron chi connectivity index (χ3n) is 3.83. The summed E-state index contributed by atoms with van der Waals surface area (Å²) in [5.41, 5.74) is 0.694. The van der Waals surface area contributed by atoms with Gasteiger partial charge in [0, 0.05) is 25.4 Å². The summed E-state index contributed by atoms with van der Waals surface area (Å²) in [4.78, 5) is 39.6. The molecule has 8 nitrogen and oxygen atoms in total. The zero-order valence-corrected chi connectivity index (χ0v) is 14.4. The molecule has 0 spiro atoms. The Balaban J connectivity index is 1.71. The molecule has 1 atom stereocenters. The van der Waals surface area contributed by atoms with Gasteiger partial charge in [-0.3, -0.25) is 14.4 Å². The van der Waals surface area contributed by atoms with E-state index >= 15 is 0 Å². The molecule has 0 saturated carbocycles. The van der Waals surface area contributed by atoms with Gasteiger partial charge in [-0.05, 0) is 24.4 Å². The molecule has 25 heavy (non-hydrogen) atoms. The highest BCUT2D eigenvalue weighted by atomic mass is 32.1. The molecule has 0 unspecified atom stereocenters. The summed E-state index contributed by atoms with van der Waals surface area (Å²) in [6.07, 6.45) is -0.0241. The Labute approximate surface area is 148 Å². The molecule has 0 saturated heterocycles. The van der Waals surface area contributed by atoms with Crippen molar-refractivity contribution < 1.29 is 14.4 Å². The standard InChI is InChI=1S/C16H17N5O3S/c1-9(22)17-6-7-18-13(23)8-12-15(24)21-14(19-12)10-4-2-3-5-11(10)20-16(21)25/h2-5,12,19H,6-8H2,1H3,(H,17,22)(H,18,23)/t12-/m1/s1. The summed E-state index contributed by atoms with van der Waals surface area (Å²) in [6, 6.07) is 6.66. The van der Waals surface area contributed by atoms with Crippen LogP contribution in [0.1, 0.15) is 18.1 Å². The minimum atomic E-state index is -0.699. The lowest BCUT2D eigenvalue weighted by Gasteiger charge is -2.10. The fraction of sp³-hybridized carbons (Fsp3) is 0.312. The molecule has 130 valence electrons. The zero-order chi connectivity index (χ0) is 18.0. The molecule has 0 bridgehead atoms. The monoisotopic (exact) mass is 359 g/mol. The molecule has 9 heteroatoms. The number of rotatable bonds is 5. The van der Waals surface area contributed by atoms with Gasteiger partial charge in [0.05, 0.1) is 11.9 Å². The Kier molecular flexibility index (Phi) is 4.75. The van der Waals surface area contributed by atoms with Crippen LogP contribution < -0.4 is 16.0 Å². The maximum Gasteiger partial charge on any atom is 0.257 e. The maximum atomic E-state index is 12.6. The molecule has 2 amide bonds. The van der Waals surface area contributed by atoms with E-state index in [-0.39, 0.29) is 28.9 Å². The van der Waals surface area contributed by atoms with Gasteiger partial charge in [0.15, 0.2) is 0 Å². The van der Waals surface area contributed by atoms with E-state index in [0.717, 1.165) is 5.39 Å². The van der Waals surface area contributed by atoms with Crippen LogP contribution in [0.5, 0.6) is 0 Å². The van der Waals surface area contributed by atoms with E-state index in [1.54, 1.807) is 0 Å². The van der Waals surface area contributed by atoms with Crippen molar-refractivity contribution in [2.24, 2.45) is 0 Å². The first-order chi connectivity index (χ1) is 12.0. The quantitative estimate of drug-likeness (QED) is 0.540. The molecule has 3 rings (SSSR count). The van der Waals surface area contributed by atoms with Gasteiger partial charge in [-0.15, -0.1) is 0 Å². The SMILES string of the molecule is CC(=O)NCCNC(=O)C[C@H]1Nc2c3ccccc3nc(=S)n2C1=O. The van der Waals surface area contributed by atoms with Crippen LogP contribution in [0.15, 0.2) is 24.3 Å². The number of hydrogen-bond donors (Lipinski definition) is 3. The molecule has 1 aliphatic heterocycles. The Morgan fingerprint density at radius 2 is 2.00 bits per heavy atom. The Hall–Kier alpha value is -2.81. The highest BCUT2D eigenvalue weighted by Crippen LogP contribution is 2.28. The molecule has 2 heterocycles. The smallest absolute Gasteiger partial charge is 0.257 e. The van der Waals surface area contributed by atoms with E-state index in [0.29, 0.717) is 24.4 Å². The predicted molar refractivity (Wildman–Crippen MR) is 94.9 cm³/mol. The largest absolute Gasteiger partial charge is 0.358 e. The second kappa shape index (κ2) is 6.98. The molecule has 1 aliphatic rings. The highest BCUT2D eigenvalue weighted by molar-refractivity contribution is 7.71. The summed E-state index contributed by atoms with van der Waals surface area (Å²) in [5.74, 6) is -0.175. The van der Waals surface area contributed by atoms with Crippen LogP contribution in [0.2, 0.25) is 0 Å². The molecule has 1 aromatic heterocycles. The fourth-order valence-electron chi connectivity index (χ4n) is 2.71. The normalized spacial score (nSPS) is 15.6. The van der Waals surface area contributed by atoms with E-state index < -0.39 is 6.04 Å². The van der Waals surface area contributed by atoms with Gasteiger partial charge in [0.1, 0.15) is 11.9 Å². The summed E-state index contributed by atoms with van der Waals surface area (Å²) in [6.45, 7) is 2.05. The Morgan fingerprint density at radius 3 is 2.76 bits per heavy atom. The number of nitrogens with zero attached hydrogens (tertiary/aromatic N) is 2. The molecule has 0 fully saturated rings. The van der Waals surface area contributed by atoms with Gasteiger partial charge in [-0.2, -0.15) is 0 Å². The number of amides is 2. The third-order valence-corrected chi connectivity index (χ3v) is 4.10. The highest BCUT2D eigenvalue weighted by Gasteiger charge is 2.33. The Bertz CT molecular complexity index is 924. The first-order valence-corrected chi connectivity index (χ1v) is 8.22. The van der Waals surface area contributed by atoms with Gasteiger partial charge < -0.3 is 16.0 Å². The van der Waals surface area contributed by atoms with E-state index in [1.807, 2.05) is 24.3 Å². The molecule has 2 aromatic rings. The van der Waals surface area contributed by atoms with Gasteiger partial charge in [0.25, 0.3) is 5.91 Å². The van der Waals surface area contributed by atoms with Crippen LogP contribution >= 0.6 is 12.2 Å². The minimum Gasteiger partial charge on any atom is -0.358 e. The number of anilines is 1. The van der Waals surface area contributed by atoms with Crippen LogP contribution in [0, 0.1) is 4.77 Å². The molecular formula is C16H17N5O3S. The van der Waals surface area contributed by atoms with Crippen molar-refractivity contribution in [3.8, 4) is 0 Å². The summed E-state index contributed by atoms with van der Waals surface area (Å²) in [5, 5.41) is 9.11. The number of nitrogens with one attached hydrogen (secondary N) is 3. The first kappa shape index (κ1) is 17.0. The fourth-order valence-corrected chi connectivity index (χ4v) is 2.99. The van der Waals surface area contributed by atoms with Crippen molar-refractivity contribution in [1.29, 1.82) is 0 Å². The number of carbonyl (C=O) groups is 3. The molecule has 3 N–H and O–H groups in total. The number of carbonyl (C=O) groups excluding carboxylic acids is 3. The first-order valence-electron chi connectivity index (χ1n) is 7.81. The number of aromatic nitrogens is 2. The van der Waals surface area contributed by atoms with Gasteiger partial charge >= 0.3 is 0 Å². The molecular weight excluding hydrogens is 342 g/mol. The molecule has 0 aliphatic carbocycles. The zero-order valence-electron chi connectivity index (χ0n) is 13.5. The second-order valence-electron chi connectivity index (χ2n) is 5.67. The van der Waals surface area contributed by atoms with Gasteiger partial charge in [-0.25, -0.2) is 9.55 Å². The molecule has 0 radical (unpaired) electrons. The average molecular weight is 359 g/mol. The van der Waals surface area contributed by atoms with Crippen molar-refractivity contribution in [3.05, 3.63) is 29.0 Å². The summed E-state index contributed by atoms with van der Waals surface area (Å²) < 4.78 is 1.51. The summed E-state index contributed by atoms with van der Waals surface area (Å²) >= 11 is 5.21. The van der Waals surface area contributed by atoms with Crippen molar-refractivity contribution in [2.45, 2.75) is 19.4 Å². The van der Waals surface area contributed by atoms with Crippen LogP contribution in [0.4, 0.5) is 5.82 Å². The minimum absolute atomic E-state index is 0.0241. The van der Waals surface area contributed by atoms with Crippen molar-refractivity contribution in [2.75, 3.05) is 18.4 Å². The average Bonchev–Trinajstić information content (AvgIpc) is 2.89. The third kappa shape index (κ3) is 3.50. The lowest BCUT2D eigenvalue weighted by atomic mass is 10.2. The van der Waals surface area contributed by atoms with E-state index in [9.17, 15) is 14.4 Å². The number of benzene rings is 1. The topological polar surface area (TPSA) is 105 Å². The molecule has 1 aromatic carbocycles. The predicted octanol–water partition coefficient (Wildman–Crippen LogP) is 0.842. The van der Waals surface area contributed by atoms with Gasteiger partial charge in [-0.1, -0.05) is 12.1 Å². The van der Waals surface area contributed by atoms with Crippen molar-refractivity contribution in [1.82, 2.24) is 20.2 Å². The van der Waals surface area contributed by atoms with Crippen molar-refractivity contribution in [3.63, 3.8) is 0 Å². The van der Waals surface area contributed by atoms with E-state index in [2.05, 4.69) is 20.9 Å². The van der Waals surface area contributed by atoms with Crippen molar-refractivity contribution >= 4 is 46.7 Å². The van der Waals surface area contributed by atoms with Crippen LogP contribution in [-0.2, 0) is 9.59 Å². The van der Waals surface area contributed by atoms with Gasteiger partial charge in [0.2, 0.25) is 16.6 Å². The lowest BCUT2D eigenvalue weighted by Crippen LogP contribution is -2.37. The maximum absolute atomic E-state index is 12.6. The van der Waals surface area contributed by atoms with Crippen LogP contribution in [0.25, 0.3) is 10.9 Å². The number of fused-ring (bicyclic) bond motifs is 3. The van der Waals surface area contributed by atoms with Crippen LogP contribution in [0.3, 0.4) is 0 Å². The Morgan fingerprint density at radius 1 is 1.28 bits per heavy atom. The van der Waals surface area contributed by atoms with E-state index in [4.69, 9.17) is 12.2 Å². The number of hydrogen-bond acceptors (Lipinski definition) is 6.